The Morgan fingerprint density at radius 3 is 2.55 bits per heavy atom. The van der Waals surface area contributed by atoms with E-state index >= 15 is 0 Å². The monoisotopic (exact) mass is 293 g/mol. The molecular weight excluding hydrogens is 278 g/mol. The van der Waals surface area contributed by atoms with Crippen molar-refractivity contribution in [3.63, 3.8) is 0 Å². The van der Waals surface area contributed by atoms with Crippen molar-refractivity contribution < 1.29 is 17.9 Å². The van der Waals surface area contributed by atoms with E-state index in [0.717, 1.165) is 0 Å². The van der Waals surface area contributed by atoms with Gasteiger partial charge in [-0.2, -0.15) is 5.26 Å². The third kappa shape index (κ3) is 3.06. The largest absolute Gasteiger partial charge is 0.377 e. The number of ether oxygens (including phenoxy) is 1. The lowest BCUT2D eigenvalue weighted by Crippen LogP contribution is -2.32. The van der Waals surface area contributed by atoms with E-state index in [0.29, 0.717) is 24.2 Å². The SMILES string of the molecule is CC1OCCC1S(=O)(=O)CC(=O)c1ccc(C#N)cc1. The molecule has 0 amide bonds. The molecule has 1 aliphatic heterocycles. The smallest absolute Gasteiger partial charge is 0.177 e. The number of nitriles is 1. The van der Waals surface area contributed by atoms with E-state index in [1.807, 2.05) is 6.07 Å². The minimum Gasteiger partial charge on any atom is -0.377 e. The Morgan fingerprint density at radius 2 is 2.05 bits per heavy atom. The number of hydrogen-bond donors (Lipinski definition) is 0. The lowest BCUT2D eigenvalue weighted by Gasteiger charge is -2.14. The molecule has 0 aromatic heterocycles. The molecule has 1 aromatic carbocycles. The second kappa shape index (κ2) is 5.73. The molecule has 0 aliphatic carbocycles. The summed E-state index contributed by atoms with van der Waals surface area (Å²) in [7, 11) is -3.51. The van der Waals surface area contributed by atoms with E-state index in [1.165, 1.54) is 24.3 Å². The van der Waals surface area contributed by atoms with Crippen LogP contribution in [0.5, 0.6) is 0 Å². The van der Waals surface area contributed by atoms with E-state index in [-0.39, 0.29) is 6.10 Å². The maximum atomic E-state index is 12.2. The molecule has 5 nitrogen and oxygen atoms in total. The van der Waals surface area contributed by atoms with Gasteiger partial charge < -0.3 is 4.74 Å². The molecule has 2 rings (SSSR count). The summed E-state index contributed by atoms with van der Waals surface area (Å²) in [5.41, 5.74) is 0.737. The quantitative estimate of drug-likeness (QED) is 0.782. The van der Waals surface area contributed by atoms with Gasteiger partial charge >= 0.3 is 0 Å². The number of rotatable bonds is 4. The van der Waals surface area contributed by atoms with E-state index in [2.05, 4.69) is 0 Å². The maximum absolute atomic E-state index is 12.2. The average molecular weight is 293 g/mol. The number of carbonyl (C=O) groups excluding carboxylic acids is 1. The zero-order valence-electron chi connectivity index (χ0n) is 11.1. The summed E-state index contributed by atoms with van der Waals surface area (Å²) in [6, 6.07) is 7.90. The van der Waals surface area contributed by atoms with Crippen LogP contribution < -0.4 is 0 Å². The number of carbonyl (C=O) groups is 1. The lowest BCUT2D eigenvalue weighted by molar-refractivity contribution is 0.102. The van der Waals surface area contributed by atoms with Gasteiger partial charge in [0, 0.05) is 12.2 Å². The molecule has 2 unspecified atom stereocenters. The van der Waals surface area contributed by atoms with Crippen molar-refractivity contribution in [1.29, 1.82) is 5.26 Å². The van der Waals surface area contributed by atoms with Gasteiger partial charge in [0.25, 0.3) is 0 Å². The molecule has 20 heavy (non-hydrogen) atoms. The maximum Gasteiger partial charge on any atom is 0.177 e. The Labute approximate surface area is 118 Å². The lowest BCUT2D eigenvalue weighted by atomic mass is 10.1. The van der Waals surface area contributed by atoms with E-state index in [9.17, 15) is 13.2 Å². The van der Waals surface area contributed by atoms with Crippen LogP contribution in [0.25, 0.3) is 0 Å². The standard InChI is InChI=1S/C14H15NO4S/c1-10-14(6-7-19-10)20(17,18)9-13(16)12-4-2-11(8-15)3-5-12/h2-5,10,14H,6-7,9H2,1H3. The van der Waals surface area contributed by atoms with E-state index < -0.39 is 26.6 Å². The van der Waals surface area contributed by atoms with Crippen molar-refractivity contribution in [3.8, 4) is 6.07 Å². The Bertz CT molecular complexity index is 643. The van der Waals surface area contributed by atoms with Crippen molar-refractivity contribution in [2.75, 3.05) is 12.4 Å². The van der Waals surface area contributed by atoms with E-state index in [1.54, 1.807) is 6.92 Å². The molecular formula is C14H15NO4S. The van der Waals surface area contributed by atoms with Crippen LogP contribution in [0, 0.1) is 11.3 Å². The molecule has 0 radical (unpaired) electrons. The Morgan fingerprint density at radius 1 is 1.40 bits per heavy atom. The Hall–Kier alpha value is -1.71. The number of ketones is 1. The predicted molar refractivity (Wildman–Crippen MR) is 73.1 cm³/mol. The normalized spacial score (nSPS) is 22.4. The summed E-state index contributed by atoms with van der Waals surface area (Å²) in [6.45, 7) is 2.12. The van der Waals surface area contributed by atoms with Crippen LogP contribution in [0.4, 0.5) is 0 Å². The molecule has 6 heteroatoms. The first kappa shape index (κ1) is 14.7. The second-order valence-electron chi connectivity index (χ2n) is 4.82. The van der Waals surface area contributed by atoms with Crippen LogP contribution in [0.1, 0.15) is 29.3 Å². The molecule has 0 N–H and O–H groups in total. The highest BCUT2D eigenvalue weighted by molar-refractivity contribution is 7.92. The number of Topliss-reactive ketones (excluding diaryl/α,β-unsaturated/α-hetero) is 1. The molecule has 1 heterocycles. The first-order chi connectivity index (χ1) is 9.44. The fourth-order valence-electron chi connectivity index (χ4n) is 2.29. The van der Waals surface area contributed by atoms with Gasteiger partial charge in [-0.1, -0.05) is 12.1 Å². The predicted octanol–water partition coefficient (Wildman–Crippen LogP) is 1.33. The van der Waals surface area contributed by atoms with Crippen LogP contribution in [0.2, 0.25) is 0 Å². The van der Waals surface area contributed by atoms with Gasteiger partial charge in [-0.05, 0) is 25.5 Å². The van der Waals surface area contributed by atoms with Crippen LogP contribution in [0.3, 0.4) is 0 Å². The highest BCUT2D eigenvalue weighted by Gasteiger charge is 2.36. The zero-order valence-corrected chi connectivity index (χ0v) is 11.9. The fraction of sp³-hybridized carbons (Fsp3) is 0.429. The topological polar surface area (TPSA) is 84.2 Å². The van der Waals surface area contributed by atoms with Crippen molar-refractivity contribution >= 4 is 15.6 Å². The molecule has 0 bridgehead atoms. The molecule has 1 aromatic rings. The second-order valence-corrected chi connectivity index (χ2v) is 7.04. The minimum absolute atomic E-state index is 0.305. The zero-order chi connectivity index (χ0) is 14.8. The van der Waals surface area contributed by atoms with Crippen molar-refractivity contribution in [2.24, 2.45) is 0 Å². The first-order valence-corrected chi connectivity index (χ1v) is 8.02. The average Bonchev–Trinajstić information content (AvgIpc) is 2.85. The highest BCUT2D eigenvalue weighted by Crippen LogP contribution is 2.22. The van der Waals surface area contributed by atoms with Crippen molar-refractivity contribution in [2.45, 2.75) is 24.7 Å². The van der Waals surface area contributed by atoms with Gasteiger partial charge in [-0.15, -0.1) is 0 Å². The van der Waals surface area contributed by atoms with E-state index in [4.69, 9.17) is 10.00 Å². The molecule has 2 atom stereocenters. The van der Waals surface area contributed by atoms with Gasteiger partial charge in [0.1, 0.15) is 5.75 Å². The Balaban J connectivity index is 2.12. The van der Waals surface area contributed by atoms with Gasteiger partial charge in [-0.3, -0.25) is 4.79 Å². The van der Waals surface area contributed by atoms with Crippen LogP contribution in [-0.4, -0.2) is 37.9 Å². The highest BCUT2D eigenvalue weighted by atomic mass is 32.2. The summed E-state index contributed by atoms with van der Waals surface area (Å²) in [5.74, 6) is -0.967. The third-order valence-electron chi connectivity index (χ3n) is 3.44. The fourth-order valence-corrected chi connectivity index (χ4v) is 4.15. The molecule has 1 aliphatic rings. The number of benzene rings is 1. The molecule has 1 fully saturated rings. The van der Waals surface area contributed by atoms with Crippen LogP contribution in [-0.2, 0) is 14.6 Å². The van der Waals surface area contributed by atoms with Crippen LogP contribution in [0.15, 0.2) is 24.3 Å². The molecule has 0 saturated carbocycles. The summed E-state index contributed by atoms with van der Waals surface area (Å²) in [5, 5.41) is 8.07. The van der Waals surface area contributed by atoms with Crippen molar-refractivity contribution in [1.82, 2.24) is 0 Å². The van der Waals surface area contributed by atoms with Crippen molar-refractivity contribution in [3.05, 3.63) is 35.4 Å². The molecule has 106 valence electrons. The minimum atomic E-state index is -3.51. The summed E-state index contributed by atoms with van der Waals surface area (Å²) >= 11 is 0. The van der Waals surface area contributed by atoms with Gasteiger partial charge in [0.2, 0.25) is 0 Å². The van der Waals surface area contributed by atoms with Gasteiger partial charge in [0.15, 0.2) is 15.6 Å². The first-order valence-electron chi connectivity index (χ1n) is 6.30. The third-order valence-corrected chi connectivity index (χ3v) is 5.64. The van der Waals surface area contributed by atoms with Crippen LogP contribution >= 0.6 is 0 Å². The van der Waals surface area contributed by atoms with Gasteiger partial charge in [-0.25, -0.2) is 8.42 Å². The number of sulfone groups is 1. The molecule has 0 spiro atoms. The number of nitrogens with zero attached hydrogens (tertiary/aromatic N) is 1. The number of hydrogen-bond acceptors (Lipinski definition) is 5. The Kier molecular flexibility index (Phi) is 4.21. The summed E-state index contributed by atoms with van der Waals surface area (Å²) < 4.78 is 29.6. The van der Waals surface area contributed by atoms with Gasteiger partial charge in [0.05, 0.1) is 23.0 Å². The summed E-state index contributed by atoms with van der Waals surface area (Å²) in [6.07, 6.45) is 0.0678. The summed E-state index contributed by atoms with van der Waals surface area (Å²) in [4.78, 5) is 12.0. The molecule has 1 saturated heterocycles.